The Morgan fingerprint density at radius 1 is 0.923 bits per heavy atom. The van der Waals surface area contributed by atoms with Gasteiger partial charge in [-0.05, 0) is 68.7 Å². The van der Waals surface area contributed by atoms with Gasteiger partial charge in [-0.2, -0.15) is 0 Å². The number of anilines is 2. The lowest BCUT2D eigenvalue weighted by atomic mass is 10.0. The van der Waals surface area contributed by atoms with Crippen molar-refractivity contribution in [2.75, 3.05) is 10.6 Å². The molecule has 0 aliphatic rings. The fraction of sp³-hybridized carbons (Fsp3) is 0.333. The van der Waals surface area contributed by atoms with Crippen LogP contribution in [0.2, 0.25) is 0 Å². The summed E-state index contributed by atoms with van der Waals surface area (Å²) in [5, 5.41) is 5.54. The summed E-state index contributed by atoms with van der Waals surface area (Å²) in [6.07, 6.45) is -0.528. The van der Waals surface area contributed by atoms with Crippen molar-refractivity contribution < 1.29 is 14.3 Å². The number of benzene rings is 2. The van der Waals surface area contributed by atoms with E-state index in [2.05, 4.69) is 24.5 Å². The monoisotopic (exact) mass is 354 g/mol. The van der Waals surface area contributed by atoms with Crippen LogP contribution in [0.3, 0.4) is 0 Å². The first kappa shape index (κ1) is 19.5. The summed E-state index contributed by atoms with van der Waals surface area (Å²) in [5.41, 5.74) is 2.44. The number of carbonyl (C=O) groups is 2. The van der Waals surface area contributed by atoms with E-state index < -0.39 is 11.7 Å². The van der Waals surface area contributed by atoms with E-state index in [0.717, 1.165) is 5.69 Å². The average molecular weight is 354 g/mol. The van der Waals surface area contributed by atoms with Crippen LogP contribution in [-0.4, -0.2) is 17.6 Å². The van der Waals surface area contributed by atoms with E-state index in [9.17, 15) is 9.59 Å². The molecule has 0 saturated heterocycles. The summed E-state index contributed by atoms with van der Waals surface area (Å²) >= 11 is 0. The van der Waals surface area contributed by atoms with Gasteiger partial charge in [0.2, 0.25) is 0 Å². The van der Waals surface area contributed by atoms with E-state index in [1.54, 1.807) is 45.0 Å². The molecule has 0 aliphatic heterocycles. The minimum absolute atomic E-state index is 0.199. The van der Waals surface area contributed by atoms with E-state index in [1.165, 1.54) is 5.56 Å². The Morgan fingerprint density at radius 2 is 1.58 bits per heavy atom. The van der Waals surface area contributed by atoms with Gasteiger partial charge in [0.15, 0.2) is 0 Å². The first-order valence-corrected chi connectivity index (χ1v) is 8.65. The summed E-state index contributed by atoms with van der Waals surface area (Å²) in [4.78, 5) is 24.2. The number of rotatable bonds is 4. The van der Waals surface area contributed by atoms with Crippen LogP contribution in [0.4, 0.5) is 16.2 Å². The topological polar surface area (TPSA) is 67.4 Å². The van der Waals surface area contributed by atoms with Gasteiger partial charge in [0.1, 0.15) is 5.60 Å². The second kappa shape index (κ2) is 8.04. The second-order valence-corrected chi connectivity index (χ2v) is 7.44. The summed E-state index contributed by atoms with van der Waals surface area (Å²) in [7, 11) is 0. The zero-order valence-electron chi connectivity index (χ0n) is 15.9. The number of nitrogens with one attached hydrogen (secondary N) is 2. The molecular formula is C21H26N2O3. The molecule has 26 heavy (non-hydrogen) atoms. The number of carbonyl (C=O) groups excluding carboxylic acids is 2. The van der Waals surface area contributed by atoms with E-state index in [4.69, 9.17) is 4.74 Å². The van der Waals surface area contributed by atoms with Gasteiger partial charge in [-0.1, -0.05) is 26.0 Å². The van der Waals surface area contributed by atoms with Crippen LogP contribution in [0.1, 0.15) is 56.5 Å². The predicted octanol–water partition coefficient (Wildman–Crippen LogP) is 5.41. The first-order valence-electron chi connectivity index (χ1n) is 8.65. The maximum Gasteiger partial charge on any atom is 0.412 e. The van der Waals surface area contributed by atoms with Crippen LogP contribution in [0.25, 0.3) is 0 Å². The predicted molar refractivity (Wildman–Crippen MR) is 105 cm³/mol. The maximum atomic E-state index is 12.4. The van der Waals surface area contributed by atoms with Gasteiger partial charge in [0.05, 0.1) is 0 Å². The third-order valence-corrected chi connectivity index (χ3v) is 3.60. The van der Waals surface area contributed by atoms with Crippen LogP contribution in [0.15, 0.2) is 48.5 Å². The fourth-order valence-electron chi connectivity index (χ4n) is 2.31. The Balaban J connectivity index is 2.00. The van der Waals surface area contributed by atoms with Crippen LogP contribution in [-0.2, 0) is 4.74 Å². The number of hydrogen-bond donors (Lipinski definition) is 2. The zero-order valence-corrected chi connectivity index (χ0v) is 15.9. The molecule has 5 nitrogen and oxygen atoms in total. The molecular weight excluding hydrogens is 328 g/mol. The lowest BCUT2D eigenvalue weighted by Gasteiger charge is -2.19. The third kappa shape index (κ3) is 5.92. The van der Waals surface area contributed by atoms with Crippen LogP contribution < -0.4 is 10.6 Å². The molecule has 2 aromatic carbocycles. The van der Waals surface area contributed by atoms with Gasteiger partial charge in [-0.3, -0.25) is 10.1 Å². The van der Waals surface area contributed by atoms with Crippen molar-refractivity contribution in [3.05, 3.63) is 59.7 Å². The minimum atomic E-state index is -0.561. The fourth-order valence-corrected chi connectivity index (χ4v) is 2.31. The molecule has 0 unspecified atom stereocenters. The standard InChI is InChI=1S/C21H26N2O3/c1-14(2)16-7-6-8-18(13-16)22-19(24)15-9-11-17(12-10-15)23-20(25)26-21(3,4)5/h6-14H,1-5H3,(H,22,24)(H,23,25). The molecule has 0 atom stereocenters. The van der Waals surface area contributed by atoms with Crippen LogP contribution >= 0.6 is 0 Å². The lowest BCUT2D eigenvalue weighted by molar-refractivity contribution is 0.0636. The molecule has 0 bridgehead atoms. The molecule has 2 rings (SSSR count). The highest BCUT2D eigenvalue weighted by atomic mass is 16.6. The highest BCUT2D eigenvalue weighted by Gasteiger charge is 2.16. The molecule has 0 heterocycles. The smallest absolute Gasteiger partial charge is 0.412 e. The summed E-state index contributed by atoms with van der Waals surface area (Å²) in [5.74, 6) is 0.194. The maximum absolute atomic E-state index is 12.4. The normalized spacial score (nSPS) is 11.2. The molecule has 2 N–H and O–H groups in total. The molecule has 0 saturated carbocycles. The number of ether oxygens (including phenoxy) is 1. The van der Waals surface area contributed by atoms with Crippen molar-refractivity contribution in [1.82, 2.24) is 0 Å². The quantitative estimate of drug-likeness (QED) is 0.771. The van der Waals surface area contributed by atoms with E-state index >= 15 is 0 Å². The molecule has 0 aliphatic carbocycles. The van der Waals surface area contributed by atoms with Crippen molar-refractivity contribution in [3.63, 3.8) is 0 Å². The first-order chi connectivity index (χ1) is 12.1. The Kier molecular flexibility index (Phi) is 6.03. The largest absolute Gasteiger partial charge is 0.444 e. The van der Waals surface area contributed by atoms with Gasteiger partial charge in [0, 0.05) is 16.9 Å². The van der Waals surface area contributed by atoms with Crippen LogP contribution in [0, 0.1) is 0 Å². The lowest BCUT2D eigenvalue weighted by Crippen LogP contribution is -2.27. The van der Waals surface area contributed by atoms with E-state index in [0.29, 0.717) is 17.2 Å². The molecule has 0 radical (unpaired) electrons. The Hall–Kier alpha value is -2.82. The van der Waals surface area contributed by atoms with Gasteiger partial charge in [0.25, 0.3) is 5.91 Å². The van der Waals surface area contributed by atoms with E-state index in [1.807, 2.05) is 24.3 Å². The Labute approximate surface area is 154 Å². The number of amides is 2. The van der Waals surface area contributed by atoms with Gasteiger partial charge in [-0.25, -0.2) is 4.79 Å². The van der Waals surface area contributed by atoms with Gasteiger partial charge in [-0.15, -0.1) is 0 Å². The highest BCUT2D eigenvalue weighted by molar-refractivity contribution is 6.04. The van der Waals surface area contributed by atoms with E-state index in [-0.39, 0.29) is 5.91 Å². The van der Waals surface area contributed by atoms with Crippen molar-refractivity contribution >= 4 is 23.4 Å². The molecule has 2 amide bonds. The summed E-state index contributed by atoms with van der Waals surface area (Å²) in [6.45, 7) is 9.62. The molecule has 2 aromatic rings. The average Bonchev–Trinajstić information content (AvgIpc) is 2.53. The van der Waals surface area contributed by atoms with Crippen molar-refractivity contribution in [2.24, 2.45) is 0 Å². The van der Waals surface area contributed by atoms with Crippen molar-refractivity contribution in [1.29, 1.82) is 0 Å². The zero-order chi connectivity index (χ0) is 19.3. The molecule has 0 fully saturated rings. The molecule has 5 heteroatoms. The molecule has 0 aromatic heterocycles. The Morgan fingerprint density at radius 3 is 2.15 bits per heavy atom. The SMILES string of the molecule is CC(C)c1cccc(NC(=O)c2ccc(NC(=O)OC(C)(C)C)cc2)c1. The molecule has 138 valence electrons. The van der Waals surface area contributed by atoms with Crippen molar-refractivity contribution in [3.8, 4) is 0 Å². The Bertz CT molecular complexity index is 775. The summed E-state index contributed by atoms with van der Waals surface area (Å²) in [6, 6.07) is 14.5. The minimum Gasteiger partial charge on any atom is -0.444 e. The van der Waals surface area contributed by atoms with Crippen LogP contribution in [0.5, 0.6) is 0 Å². The highest BCUT2D eigenvalue weighted by Crippen LogP contribution is 2.19. The molecule has 0 spiro atoms. The van der Waals surface area contributed by atoms with Crippen molar-refractivity contribution in [2.45, 2.75) is 46.1 Å². The summed E-state index contributed by atoms with van der Waals surface area (Å²) < 4.78 is 5.20. The third-order valence-electron chi connectivity index (χ3n) is 3.60. The number of hydrogen-bond acceptors (Lipinski definition) is 3. The van der Waals surface area contributed by atoms with Gasteiger partial charge < -0.3 is 10.1 Å². The van der Waals surface area contributed by atoms with Gasteiger partial charge >= 0.3 is 6.09 Å². The second-order valence-electron chi connectivity index (χ2n) is 7.44.